The lowest BCUT2D eigenvalue weighted by Gasteiger charge is -2.09. The Morgan fingerprint density at radius 2 is 2.00 bits per heavy atom. The normalized spacial score (nSPS) is 11.8. The minimum Gasteiger partial charge on any atom is -0.445 e. The molecular formula is C22H16FN5O2. The number of halogens is 1. The van der Waals surface area contributed by atoms with Gasteiger partial charge in [-0.05, 0) is 42.6 Å². The van der Waals surface area contributed by atoms with E-state index in [9.17, 15) is 9.18 Å². The molecule has 4 aromatic rings. The van der Waals surface area contributed by atoms with Crippen molar-refractivity contribution in [3.05, 3.63) is 107 Å². The van der Waals surface area contributed by atoms with Crippen LogP contribution in [0.2, 0.25) is 0 Å². The molecular weight excluding hydrogens is 385 g/mol. The third kappa shape index (κ3) is 3.93. The lowest BCUT2D eigenvalue weighted by molar-refractivity contribution is 0.571. The van der Waals surface area contributed by atoms with Crippen LogP contribution in [-0.4, -0.2) is 20.5 Å². The van der Waals surface area contributed by atoms with Gasteiger partial charge in [-0.2, -0.15) is 5.10 Å². The lowest BCUT2D eigenvalue weighted by atomic mass is 10.2. The number of oxazole rings is 1. The van der Waals surface area contributed by atoms with Gasteiger partial charge in [0.25, 0.3) is 0 Å². The Morgan fingerprint density at radius 3 is 2.70 bits per heavy atom. The van der Waals surface area contributed by atoms with E-state index in [4.69, 9.17) is 10.2 Å². The van der Waals surface area contributed by atoms with Gasteiger partial charge in [0.15, 0.2) is 5.69 Å². The highest BCUT2D eigenvalue weighted by molar-refractivity contribution is 6.08. The summed E-state index contributed by atoms with van der Waals surface area (Å²) in [5, 5.41) is 4.30. The molecule has 7 nitrogen and oxygen atoms in total. The average Bonchev–Trinajstić information content (AvgIpc) is 3.30. The number of rotatable bonds is 5. The van der Waals surface area contributed by atoms with Crippen molar-refractivity contribution in [3.63, 3.8) is 0 Å². The molecule has 8 heteroatoms. The summed E-state index contributed by atoms with van der Waals surface area (Å²) in [6, 6.07) is 14.9. The Balaban J connectivity index is 1.78. The molecule has 0 unspecified atom stereocenters. The summed E-state index contributed by atoms with van der Waals surface area (Å²) in [6.45, 7) is 0. The van der Waals surface area contributed by atoms with E-state index in [0.29, 0.717) is 17.1 Å². The molecule has 30 heavy (non-hydrogen) atoms. The number of nitrogens with zero attached hydrogens (tertiary/aromatic N) is 4. The zero-order valence-corrected chi connectivity index (χ0v) is 15.6. The molecule has 0 saturated heterocycles. The molecule has 0 bridgehead atoms. The summed E-state index contributed by atoms with van der Waals surface area (Å²) >= 11 is 0. The molecule has 0 aliphatic carbocycles. The predicted molar refractivity (Wildman–Crippen MR) is 111 cm³/mol. The van der Waals surface area contributed by atoms with E-state index in [1.54, 1.807) is 18.2 Å². The molecule has 0 aliphatic heterocycles. The van der Waals surface area contributed by atoms with Crippen LogP contribution in [0.25, 0.3) is 17.1 Å². The Bertz CT molecular complexity index is 1280. The Labute approximate surface area is 170 Å². The van der Waals surface area contributed by atoms with Gasteiger partial charge in [-0.1, -0.05) is 18.2 Å². The third-order valence-corrected chi connectivity index (χ3v) is 4.18. The summed E-state index contributed by atoms with van der Waals surface area (Å²) in [4.78, 5) is 20.9. The van der Waals surface area contributed by atoms with Crippen molar-refractivity contribution in [1.82, 2.24) is 14.8 Å². The highest BCUT2D eigenvalue weighted by atomic mass is 19.1. The summed E-state index contributed by atoms with van der Waals surface area (Å²) in [5.41, 5.74) is 6.74. The van der Waals surface area contributed by atoms with Crippen LogP contribution in [0.1, 0.15) is 5.69 Å². The molecule has 148 valence electrons. The van der Waals surface area contributed by atoms with Crippen molar-refractivity contribution in [2.24, 2.45) is 10.7 Å². The summed E-state index contributed by atoms with van der Waals surface area (Å²) in [5.74, 6) is -0.247. The number of aromatic nitrogens is 3. The molecule has 2 N–H and O–H groups in total. The highest BCUT2D eigenvalue weighted by Crippen LogP contribution is 2.22. The second-order valence-electron chi connectivity index (χ2n) is 6.17. The maximum absolute atomic E-state index is 14.8. The van der Waals surface area contributed by atoms with Crippen LogP contribution in [0.4, 0.5) is 10.1 Å². The van der Waals surface area contributed by atoms with E-state index in [1.807, 2.05) is 18.2 Å². The minimum absolute atomic E-state index is 0.0410. The molecule has 0 aliphatic rings. The molecule has 2 aromatic carbocycles. The zero-order valence-electron chi connectivity index (χ0n) is 15.6. The Kier molecular flexibility index (Phi) is 5.29. The van der Waals surface area contributed by atoms with E-state index < -0.39 is 5.82 Å². The SMILES string of the molecule is NC=CC(=Nc1ccccc1)c1nn(-c2ccc(-c3ncco3)cc2F)ccc1=O. The minimum atomic E-state index is -0.552. The van der Waals surface area contributed by atoms with Gasteiger partial charge >= 0.3 is 0 Å². The van der Waals surface area contributed by atoms with E-state index in [0.717, 1.165) is 0 Å². The monoisotopic (exact) mass is 401 g/mol. The number of nitrogens with two attached hydrogens (primary N) is 1. The standard InChI is InChI=1S/C22H16FN5O2/c23-17-14-15(22-25-11-13-30-22)6-7-19(17)28-12-9-20(29)21(27-28)18(8-10-24)26-16-4-2-1-3-5-16/h1-14H,24H2. The number of hydrogen-bond acceptors (Lipinski definition) is 6. The van der Waals surface area contributed by atoms with E-state index in [-0.39, 0.29) is 22.5 Å². The first-order chi connectivity index (χ1) is 14.7. The van der Waals surface area contributed by atoms with Crippen LogP contribution in [-0.2, 0) is 0 Å². The topological polar surface area (TPSA) is 99.3 Å². The molecule has 0 spiro atoms. The molecule has 0 saturated carbocycles. The first-order valence-electron chi connectivity index (χ1n) is 8.98. The van der Waals surface area contributed by atoms with Gasteiger partial charge in [0.1, 0.15) is 17.8 Å². The van der Waals surface area contributed by atoms with Crippen molar-refractivity contribution >= 4 is 11.4 Å². The van der Waals surface area contributed by atoms with Crippen LogP contribution >= 0.6 is 0 Å². The Morgan fingerprint density at radius 1 is 1.17 bits per heavy atom. The smallest absolute Gasteiger partial charge is 0.225 e. The van der Waals surface area contributed by atoms with Crippen molar-refractivity contribution < 1.29 is 8.81 Å². The van der Waals surface area contributed by atoms with Crippen molar-refractivity contribution in [2.75, 3.05) is 0 Å². The van der Waals surface area contributed by atoms with Gasteiger partial charge < -0.3 is 10.2 Å². The maximum atomic E-state index is 14.8. The molecule has 2 aromatic heterocycles. The number of para-hydroxylation sites is 1. The van der Waals surface area contributed by atoms with E-state index in [1.165, 1.54) is 53.8 Å². The van der Waals surface area contributed by atoms with E-state index >= 15 is 0 Å². The van der Waals surface area contributed by atoms with Crippen molar-refractivity contribution in [3.8, 4) is 17.1 Å². The first kappa shape index (κ1) is 19.0. The van der Waals surface area contributed by atoms with Crippen molar-refractivity contribution in [2.45, 2.75) is 0 Å². The fourth-order valence-corrected chi connectivity index (χ4v) is 2.81. The third-order valence-electron chi connectivity index (χ3n) is 4.18. The number of aliphatic imine (C=N–C) groups is 1. The van der Waals surface area contributed by atoms with Crippen molar-refractivity contribution in [1.29, 1.82) is 0 Å². The van der Waals surface area contributed by atoms with Gasteiger partial charge in [-0.3, -0.25) is 4.79 Å². The summed E-state index contributed by atoms with van der Waals surface area (Å²) in [7, 11) is 0. The fourth-order valence-electron chi connectivity index (χ4n) is 2.81. The number of hydrogen-bond donors (Lipinski definition) is 1. The maximum Gasteiger partial charge on any atom is 0.225 e. The quantitative estimate of drug-likeness (QED) is 0.515. The average molecular weight is 401 g/mol. The van der Waals surface area contributed by atoms with Gasteiger partial charge in [0.2, 0.25) is 11.3 Å². The molecule has 0 atom stereocenters. The molecule has 0 radical (unpaired) electrons. The van der Waals surface area contributed by atoms with Gasteiger partial charge in [0, 0.05) is 17.8 Å². The molecule has 2 heterocycles. The fraction of sp³-hybridized carbons (Fsp3) is 0. The summed E-state index contributed by atoms with van der Waals surface area (Å²) < 4.78 is 21.3. The predicted octanol–water partition coefficient (Wildman–Crippen LogP) is 3.62. The van der Waals surface area contributed by atoms with E-state index in [2.05, 4.69) is 15.1 Å². The Hall–Kier alpha value is -4.33. The largest absolute Gasteiger partial charge is 0.445 e. The lowest BCUT2D eigenvalue weighted by Crippen LogP contribution is -2.20. The number of benzene rings is 2. The van der Waals surface area contributed by atoms with Gasteiger partial charge in [-0.25, -0.2) is 19.0 Å². The van der Waals surface area contributed by atoms with Crippen LogP contribution in [0, 0.1) is 5.82 Å². The molecule has 0 fully saturated rings. The number of allylic oxidation sites excluding steroid dienone is 1. The van der Waals surface area contributed by atoms with Crippen LogP contribution < -0.4 is 11.2 Å². The van der Waals surface area contributed by atoms with Gasteiger partial charge in [-0.15, -0.1) is 0 Å². The first-order valence-corrected chi connectivity index (χ1v) is 8.98. The van der Waals surface area contributed by atoms with Gasteiger partial charge in [0.05, 0.1) is 17.6 Å². The van der Waals surface area contributed by atoms with Crippen LogP contribution in [0.15, 0.2) is 99.7 Å². The summed E-state index contributed by atoms with van der Waals surface area (Å²) in [6.07, 6.45) is 7.03. The van der Waals surface area contributed by atoms with Crippen LogP contribution in [0.3, 0.4) is 0 Å². The second-order valence-corrected chi connectivity index (χ2v) is 6.17. The highest BCUT2D eigenvalue weighted by Gasteiger charge is 2.13. The second kappa shape index (κ2) is 8.36. The zero-order chi connectivity index (χ0) is 20.9. The van der Waals surface area contributed by atoms with Crippen LogP contribution in [0.5, 0.6) is 0 Å². The molecule has 0 amide bonds. The molecule has 4 rings (SSSR count).